The van der Waals surface area contributed by atoms with Crippen molar-refractivity contribution in [2.75, 3.05) is 5.32 Å². The van der Waals surface area contributed by atoms with Gasteiger partial charge in [-0.1, -0.05) is 45.2 Å². The predicted molar refractivity (Wildman–Crippen MR) is 110 cm³/mol. The molecule has 0 saturated carbocycles. The van der Waals surface area contributed by atoms with E-state index in [4.69, 9.17) is 27.6 Å². The molecule has 4 nitrogen and oxygen atoms in total. The summed E-state index contributed by atoms with van der Waals surface area (Å²) in [6.45, 7) is 0. The second-order valence-corrected chi connectivity index (χ2v) is 7.25. The van der Waals surface area contributed by atoms with Crippen molar-refractivity contribution in [2.24, 2.45) is 0 Å². The van der Waals surface area contributed by atoms with E-state index < -0.39 is 11.7 Å². The molecule has 28 heavy (non-hydrogen) atoms. The molecule has 8 heteroatoms. The van der Waals surface area contributed by atoms with Crippen molar-refractivity contribution in [3.63, 3.8) is 0 Å². The number of rotatable bonds is 4. The number of hydrogen-bond acceptors (Lipinski definition) is 3. The molecule has 0 bridgehead atoms. The van der Waals surface area contributed by atoms with Crippen LogP contribution in [0.1, 0.15) is 5.76 Å². The Balaban J connectivity index is 1.85. The zero-order valence-electron chi connectivity index (χ0n) is 14.0. The molecule has 1 aromatic heterocycles. The summed E-state index contributed by atoms with van der Waals surface area (Å²) in [5.41, 5.74) is 0.286. The van der Waals surface area contributed by atoms with Crippen LogP contribution < -0.4 is 5.32 Å². The van der Waals surface area contributed by atoms with Crippen LogP contribution >= 0.6 is 39.1 Å². The average Bonchev–Trinajstić information content (AvgIpc) is 3.12. The van der Waals surface area contributed by atoms with Crippen LogP contribution in [0.15, 0.2) is 63.0 Å². The Bertz CT molecular complexity index is 1140. The van der Waals surface area contributed by atoms with Crippen molar-refractivity contribution in [3.8, 4) is 17.4 Å². The lowest BCUT2D eigenvalue weighted by atomic mass is 10.2. The molecule has 0 atom stereocenters. The van der Waals surface area contributed by atoms with Crippen molar-refractivity contribution >= 4 is 56.8 Å². The highest BCUT2D eigenvalue weighted by Crippen LogP contribution is 2.34. The van der Waals surface area contributed by atoms with Gasteiger partial charge in [0.25, 0.3) is 5.91 Å². The summed E-state index contributed by atoms with van der Waals surface area (Å²) >= 11 is 15.3. The minimum atomic E-state index is -0.762. The van der Waals surface area contributed by atoms with E-state index in [-0.39, 0.29) is 17.0 Å². The Morgan fingerprint density at radius 1 is 1.21 bits per heavy atom. The Kier molecular flexibility index (Phi) is 6.20. The maximum atomic E-state index is 13.9. The van der Waals surface area contributed by atoms with Crippen LogP contribution in [0.4, 0.5) is 10.1 Å². The number of nitriles is 1. The minimum absolute atomic E-state index is 0.0415. The lowest BCUT2D eigenvalue weighted by Gasteiger charge is -2.05. The highest BCUT2D eigenvalue weighted by Gasteiger charge is 2.15. The van der Waals surface area contributed by atoms with Crippen LogP contribution in [0.2, 0.25) is 10.0 Å². The van der Waals surface area contributed by atoms with Gasteiger partial charge in [-0.25, -0.2) is 4.39 Å². The molecule has 0 spiro atoms. The number of carbonyl (C=O) groups excluding carboxylic acids is 1. The van der Waals surface area contributed by atoms with Crippen LogP contribution in [0.3, 0.4) is 0 Å². The van der Waals surface area contributed by atoms with Gasteiger partial charge in [0, 0.05) is 16.1 Å². The standard InChI is InChI=1S/C20H10BrCl2FN2O2/c21-12-4-6-17(16(24)9-12)26-20(27)11(10-25)8-13-5-7-18(28-13)14-2-1-3-15(22)19(14)23/h1-9H,(H,26,27). The summed E-state index contributed by atoms with van der Waals surface area (Å²) in [4.78, 5) is 12.3. The summed E-state index contributed by atoms with van der Waals surface area (Å²) in [5.74, 6) is -0.706. The van der Waals surface area contributed by atoms with E-state index >= 15 is 0 Å². The van der Waals surface area contributed by atoms with Crippen molar-refractivity contribution in [2.45, 2.75) is 0 Å². The highest BCUT2D eigenvalue weighted by molar-refractivity contribution is 9.10. The van der Waals surface area contributed by atoms with Gasteiger partial charge in [-0.15, -0.1) is 0 Å². The molecule has 140 valence electrons. The van der Waals surface area contributed by atoms with E-state index in [2.05, 4.69) is 21.2 Å². The zero-order valence-corrected chi connectivity index (χ0v) is 17.1. The Morgan fingerprint density at radius 2 is 2.00 bits per heavy atom. The van der Waals surface area contributed by atoms with Crippen molar-refractivity contribution < 1.29 is 13.6 Å². The lowest BCUT2D eigenvalue weighted by molar-refractivity contribution is -0.112. The first-order valence-corrected chi connectivity index (χ1v) is 9.36. The fourth-order valence-corrected chi connectivity index (χ4v) is 3.07. The number of amides is 1. The zero-order chi connectivity index (χ0) is 20.3. The number of anilines is 1. The number of hydrogen-bond donors (Lipinski definition) is 1. The van der Waals surface area contributed by atoms with Gasteiger partial charge in [-0.2, -0.15) is 5.26 Å². The Labute approximate surface area is 178 Å². The normalized spacial score (nSPS) is 11.2. The molecule has 0 fully saturated rings. The van der Waals surface area contributed by atoms with Crippen LogP contribution in [0, 0.1) is 17.1 Å². The monoisotopic (exact) mass is 478 g/mol. The molecule has 0 aliphatic heterocycles. The topological polar surface area (TPSA) is 66.0 Å². The molecular formula is C20H10BrCl2FN2O2. The summed E-state index contributed by atoms with van der Waals surface area (Å²) in [6.07, 6.45) is 1.26. The summed E-state index contributed by atoms with van der Waals surface area (Å²) in [6, 6.07) is 14.3. The third-order valence-corrected chi connectivity index (χ3v) is 4.99. The molecule has 1 heterocycles. The second kappa shape index (κ2) is 8.61. The summed E-state index contributed by atoms with van der Waals surface area (Å²) in [7, 11) is 0. The number of halogens is 4. The third-order valence-electron chi connectivity index (χ3n) is 3.67. The maximum Gasteiger partial charge on any atom is 0.266 e. The smallest absolute Gasteiger partial charge is 0.266 e. The molecule has 2 aromatic carbocycles. The molecule has 0 unspecified atom stereocenters. The minimum Gasteiger partial charge on any atom is -0.457 e. The number of furan rings is 1. The Hall–Kier alpha value is -2.59. The van der Waals surface area contributed by atoms with Gasteiger partial charge >= 0.3 is 0 Å². The van der Waals surface area contributed by atoms with Crippen molar-refractivity contribution in [1.29, 1.82) is 5.26 Å². The summed E-state index contributed by atoms with van der Waals surface area (Å²) < 4.78 is 20.1. The van der Waals surface area contributed by atoms with Crippen LogP contribution in [0.25, 0.3) is 17.4 Å². The third kappa shape index (κ3) is 4.45. The lowest BCUT2D eigenvalue weighted by Crippen LogP contribution is -2.14. The molecule has 0 radical (unpaired) electrons. The summed E-state index contributed by atoms with van der Waals surface area (Å²) in [5, 5.41) is 12.4. The van der Waals surface area contributed by atoms with E-state index in [0.29, 0.717) is 25.8 Å². The fourth-order valence-electron chi connectivity index (χ4n) is 2.34. The number of carbonyl (C=O) groups is 1. The predicted octanol–water partition coefficient (Wildman–Crippen LogP) is 6.70. The van der Waals surface area contributed by atoms with Gasteiger partial charge in [-0.3, -0.25) is 4.79 Å². The van der Waals surface area contributed by atoms with E-state index in [0.717, 1.165) is 0 Å². The van der Waals surface area contributed by atoms with Crippen LogP contribution in [-0.2, 0) is 4.79 Å². The molecular weight excluding hydrogens is 470 g/mol. The highest BCUT2D eigenvalue weighted by atomic mass is 79.9. The molecule has 3 aromatic rings. The van der Waals surface area contributed by atoms with Gasteiger partial charge in [0.1, 0.15) is 29.0 Å². The van der Waals surface area contributed by atoms with Gasteiger partial charge in [-0.05, 0) is 42.5 Å². The number of nitrogens with zero attached hydrogens (tertiary/aromatic N) is 1. The molecule has 0 saturated heterocycles. The number of benzene rings is 2. The van der Waals surface area contributed by atoms with Gasteiger partial charge in [0.05, 0.1) is 15.7 Å². The first-order valence-electron chi connectivity index (χ1n) is 7.81. The van der Waals surface area contributed by atoms with Crippen molar-refractivity contribution in [1.82, 2.24) is 0 Å². The first-order chi connectivity index (χ1) is 13.4. The maximum absolute atomic E-state index is 13.9. The fraction of sp³-hybridized carbons (Fsp3) is 0. The SMILES string of the molecule is N#CC(=Cc1ccc(-c2cccc(Cl)c2Cl)o1)C(=O)Nc1ccc(Br)cc1F. The van der Waals surface area contributed by atoms with E-state index in [1.54, 1.807) is 42.5 Å². The molecule has 0 aliphatic carbocycles. The second-order valence-electron chi connectivity index (χ2n) is 5.55. The molecule has 1 N–H and O–H groups in total. The largest absolute Gasteiger partial charge is 0.457 e. The van der Waals surface area contributed by atoms with Gasteiger partial charge in [0.2, 0.25) is 0 Å². The average molecular weight is 480 g/mol. The van der Waals surface area contributed by atoms with Crippen LogP contribution in [0.5, 0.6) is 0 Å². The number of nitrogens with one attached hydrogen (secondary N) is 1. The molecule has 1 amide bonds. The van der Waals surface area contributed by atoms with Gasteiger partial charge in [0.15, 0.2) is 0 Å². The molecule has 3 rings (SSSR count). The molecule has 0 aliphatic rings. The van der Waals surface area contributed by atoms with E-state index in [1.807, 2.05) is 0 Å². The van der Waals surface area contributed by atoms with E-state index in [1.165, 1.54) is 18.2 Å². The van der Waals surface area contributed by atoms with Crippen molar-refractivity contribution in [3.05, 3.63) is 80.2 Å². The van der Waals surface area contributed by atoms with Gasteiger partial charge < -0.3 is 9.73 Å². The first kappa shape index (κ1) is 20.2. The van der Waals surface area contributed by atoms with E-state index in [9.17, 15) is 14.4 Å². The van der Waals surface area contributed by atoms with Crippen LogP contribution in [-0.4, -0.2) is 5.91 Å². The Morgan fingerprint density at radius 3 is 2.71 bits per heavy atom. The quantitative estimate of drug-likeness (QED) is 0.334.